The topological polar surface area (TPSA) is 99.0 Å². The molecular weight excluding hydrogens is 436 g/mol. The molecule has 1 aromatic heterocycles. The van der Waals surface area contributed by atoms with Crippen LogP contribution in [-0.4, -0.2) is 32.1 Å². The molecule has 1 heterocycles. The molecular formula is C26H24N2O6. The number of carbonyl (C=O) groups is 2. The summed E-state index contributed by atoms with van der Waals surface area (Å²) >= 11 is 0. The zero-order valence-electron chi connectivity index (χ0n) is 19.0. The number of rotatable bonds is 8. The Labute approximate surface area is 196 Å². The van der Waals surface area contributed by atoms with E-state index in [1.165, 1.54) is 7.11 Å². The van der Waals surface area contributed by atoms with Gasteiger partial charge in [-0.2, -0.15) is 0 Å². The average molecular weight is 460 g/mol. The second-order valence-electron chi connectivity index (χ2n) is 7.39. The third kappa shape index (κ3) is 4.80. The van der Waals surface area contributed by atoms with E-state index in [9.17, 15) is 9.59 Å². The molecule has 0 bridgehead atoms. The molecule has 0 radical (unpaired) electrons. The van der Waals surface area contributed by atoms with E-state index in [4.69, 9.17) is 18.6 Å². The molecule has 2 N–H and O–H groups in total. The normalized spacial score (nSPS) is 11.5. The molecule has 34 heavy (non-hydrogen) atoms. The van der Waals surface area contributed by atoms with Crippen LogP contribution in [0.5, 0.6) is 17.2 Å². The molecule has 4 aromatic rings. The molecule has 0 aliphatic heterocycles. The fourth-order valence-corrected chi connectivity index (χ4v) is 3.39. The Hall–Kier alpha value is -4.46. The Morgan fingerprint density at radius 3 is 2.32 bits per heavy atom. The minimum absolute atomic E-state index is 0.0423. The summed E-state index contributed by atoms with van der Waals surface area (Å²) in [5.41, 5.74) is 1.14. The maximum Gasteiger partial charge on any atom is 0.293 e. The van der Waals surface area contributed by atoms with Gasteiger partial charge in [0, 0.05) is 11.5 Å². The number of anilines is 2. The van der Waals surface area contributed by atoms with Gasteiger partial charge in [-0.3, -0.25) is 9.59 Å². The van der Waals surface area contributed by atoms with Crippen molar-refractivity contribution < 1.29 is 28.2 Å². The molecule has 8 heteroatoms. The lowest BCUT2D eigenvalue weighted by Crippen LogP contribution is -2.30. The highest BCUT2D eigenvalue weighted by molar-refractivity contribution is 6.15. The lowest BCUT2D eigenvalue weighted by atomic mass is 10.2. The summed E-state index contributed by atoms with van der Waals surface area (Å²) in [6.45, 7) is 1.63. The van der Waals surface area contributed by atoms with Crippen LogP contribution < -0.4 is 24.8 Å². The first-order valence-corrected chi connectivity index (χ1v) is 10.6. The van der Waals surface area contributed by atoms with E-state index in [2.05, 4.69) is 10.6 Å². The number of ether oxygens (including phenoxy) is 3. The van der Waals surface area contributed by atoms with Crippen molar-refractivity contribution in [3.05, 3.63) is 78.6 Å². The third-order valence-corrected chi connectivity index (χ3v) is 5.13. The van der Waals surface area contributed by atoms with Crippen LogP contribution in [0.2, 0.25) is 0 Å². The molecule has 174 valence electrons. The zero-order valence-corrected chi connectivity index (χ0v) is 19.0. The molecule has 0 aliphatic rings. The van der Waals surface area contributed by atoms with Crippen molar-refractivity contribution >= 4 is 34.2 Å². The maximum atomic E-state index is 13.2. The van der Waals surface area contributed by atoms with E-state index in [0.717, 1.165) is 0 Å². The summed E-state index contributed by atoms with van der Waals surface area (Å²) < 4.78 is 22.1. The van der Waals surface area contributed by atoms with Gasteiger partial charge in [0.15, 0.2) is 6.10 Å². The number of nitrogens with one attached hydrogen (secondary N) is 2. The van der Waals surface area contributed by atoms with Crippen molar-refractivity contribution in [1.82, 2.24) is 0 Å². The highest BCUT2D eigenvalue weighted by atomic mass is 16.5. The monoisotopic (exact) mass is 460 g/mol. The fraction of sp³-hybridized carbons (Fsp3) is 0.154. The van der Waals surface area contributed by atoms with E-state index in [-0.39, 0.29) is 11.4 Å². The number of para-hydroxylation sites is 2. The molecule has 0 unspecified atom stereocenters. The Morgan fingerprint density at radius 1 is 0.853 bits per heavy atom. The van der Waals surface area contributed by atoms with Gasteiger partial charge in [0.2, 0.25) is 5.76 Å². The van der Waals surface area contributed by atoms with Gasteiger partial charge in [-0.25, -0.2) is 0 Å². The number of benzene rings is 3. The molecule has 3 aromatic carbocycles. The number of methoxy groups -OCH3 is 2. The van der Waals surface area contributed by atoms with E-state index < -0.39 is 17.9 Å². The highest BCUT2D eigenvalue weighted by Gasteiger charge is 2.25. The van der Waals surface area contributed by atoms with Crippen molar-refractivity contribution in [2.45, 2.75) is 13.0 Å². The quantitative estimate of drug-likeness (QED) is 0.379. The van der Waals surface area contributed by atoms with Gasteiger partial charge in [-0.15, -0.1) is 0 Å². The zero-order chi connectivity index (χ0) is 24.1. The van der Waals surface area contributed by atoms with E-state index in [1.54, 1.807) is 68.6 Å². The van der Waals surface area contributed by atoms with E-state index in [1.807, 2.05) is 18.2 Å². The molecule has 0 saturated heterocycles. The van der Waals surface area contributed by atoms with Gasteiger partial charge in [-0.05, 0) is 43.3 Å². The Bertz CT molecular complexity index is 1320. The van der Waals surface area contributed by atoms with Gasteiger partial charge < -0.3 is 29.3 Å². The predicted molar refractivity (Wildman–Crippen MR) is 129 cm³/mol. The minimum Gasteiger partial charge on any atom is -0.497 e. The summed E-state index contributed by atoms with van der Waals surface area (Å²) in [6, 6.07) is 21.1. The number of furan rings is 1. The Balaban J connectivity index is 1.61. The van der Waals surface area contributed by atoms with Crippen molar-refractivity contribution in [1.29, 1.82) is 0 Å². The molecule has 8 nitrogen and oxygen atoms in total. The first-order valence-electron chi connectivity index (χ1n) is 10.6. The lowest BCUT2D eigenvalue weighted by molar-refractivity contribution is -0.122. The number of amides is 2. The third-order valence-electron chi connectivity index (χ3n) is 5.13. The molecule has 0 spiro atoms. The van der Waals surface area contributed by atoms with Crippen LogP contribution in [-0.2, 0) is 4.79 Å². The van der Waals surface area contributed by atoms with Crippen molar-refractivity contribution in [2.75, 3.05) is 24.9 Å². The van der Waals surface area contributed by atoms with Gasteiger partial charge in [-0.1, -0.05) is 30.3 Å². The molecule has 0 aliphatic carbocycles. The number of hydrogen-bond donors (Lipinski definition) is 2. The summed E-state index contributed by atoms with van der Waals surface area (Å²) in [4.78, 5) is 26.1. The number of hydrogen-bond acceptors (Lipinski definition) is 6. The largest absolute Gasteiger partial charge is 0.497 e. The first-order chi connectivity index (χ1) is 16.5. The average Bonchev–Trinajstić information content (AvgIpc) is 3.23. The summed E-state index contributed by atoms with van der Waals surface area (Å²) in [6.07, 6.45) is -0.811. The summed E-state index contributed by atoms with van der Waals surface area (Å²) in [5, 5.41) is 6.17. The van der Waals surface area contributed by atoms with Crippen molar-refractivity contribution in [3.63, 3.8) is 0 Å². The summed E-state index contributed by atoms with van der Waals surface area (Å²) in [7, 11) is 3.03. The van der Waals surface area contributed by atoms with Gasteiger partial charge >= 0.3 is 0 Å². The standard InChI is InChI=1S/C26H24N2O6/c1-16(33-17-9-5-4-6-10-17)25(29)28-23-19-11-7-8-12-21(19)34-24(23)26(30)27-20-14-13-18(31-2)15-22(20)32-3/h4-16H,1-3H3,(H,27,30)(H,28,29)/t16-/m0/s1. The minimum atomic E-state index is -0.811. The fourth-order valence-electron chi connectivity index (χ4n) is 3.39. The maximum absolute atomic E-state index is 13.2. The van der Waals surface area contributed by atoms with E-state index in [0.29, 0.717) is 33.9 Å². The Kier molecular flexibility index (Phi) is 6.68. The van der Waals surface area contributed by atoms with E-state index >= 15 is 0 Å². The van der Waals surface area contributed by atoms with Crippen LogP contribution in [0.15, 0.2) is 77.2 Å². The second kappa shape index (κ2) is 9.99. The highest BCUT2D eigenvalue weighted by Crippen LogP contribution is 2.34. The smallest absolute Gasteiger partial charge is 0.293 e. The molecule has 2 amide bonds. The van der Waals surface area contributed by atoms with Crippen LogP contribution in [0.3, 0.4) is 0 Å². The summed E-state index contributed by atoms with van der Waals surface area (Å²) in [5.74, 6) is 0.544. The van der Waals surface area contributed by atoms with Crippen molar-refractivity contribution in [2.24, 2.45) is 0 Å². The lowest BCUT2D eigenvalue weighted by Gasteiger charge is -2.15. The number of carbonyl (C=O) groups excluding carboxylic acids is 2. The number of fused-ring (bicyclic) bond motifs is 1. The van der Waals surface area contributed by atoms with Gasteiger partial charge in [0.25, 0.3) is 11.8 Å². The van der Waals surface area contributed by atoms with Gasteiger partial charge in [0.1, 0.15) is 28.5 Å². The van der Waals surface area contributed by atoms with Crippen LogP contribution in [0.4, 0.5) is 11.4 Å². The molecule has 1 atom stereocenters. The van der Waals surface area contributed by atoms with Crippen molar-refractivity contribution in [3.8, 4) is 17.2 Å². The van der Waals surface area contributed by atoms with Gasteiger partial charge in [0.05, 0.1) is 19.9 Å². The van der Waals surface area contributed by atoms with Crippen LogP contribution in [0, 0.1) is 0 Å². The molecule has 0 fully saturated rings. The molecule has 0 saturated carbocycles. The predicted octanol–water partition coefficient (Wildman–Crippen LogP) is 5.11. The SMILES string of the molecule is COc1ccc(NC(=O)c2oc3ccccc3c2NC(=O)[C@H](C)Oc2ccccc2)c(OC)c1. The van der Waals surface area contributed by atoms with Crippen LogP contribution >= 0.6 is 0 Å². The first kappa shape index (κ1) is 22.7. The Morgan fingerprint density at radius 2 is 1.59 bits per heavy atom. The van der Waals surface area contributed by atoms with Crippen LogP contribution in [0.25, 0.3) is 11.0 Å². The second-order valence-corrected chi connectivity index (χ2v) is 7.39. The van der Waals surface area contributed by atoms with Crippen LogP contribution in [0.1, 0.15) is 17.5 Å². The molecule has 4 rings (SSSR count).